The van der Waals surface area contributed by atoms with Crippen LogP contribution in [-0.2, 0) is 4.79 Å². The van der Waals surface area contributed by atoms with Gasteiger partial charge in [0, 0.05) is 30.1 Å². The number of carbonyl (C=O) groups excluding carboxylic acids is 1. The molecule has 0 fully saturated rings. The molecule has 0 unspecified atom stereocenters. The van der Waals surface area contributed by atoms with Gasteiger partial charge >= 0.3 is 0 Å². The molecule has 0 saturated heterocycles. The van der Waals surface area contributed by atoms with E-state index in [1.165, 1.54) is 0 Å². The lowest BCUT2D eigenvalue weighted by atomic mass is 10.1. The van der Waals surface area contributed by atoms with Crippen molar-refractivity contribution in [3.63, 3.8) is 0 Å². The fourth-order valence-electron chi connectivity index (χ4n) is 2.43. The van der Waals surface area contributed by atoms with Crippen LogP contribution in [-0.4, -0.2) is 28.9 Å². The highest BCUT2D eigenvalue weighted by Gasteiger charge is 2.33. The van der Waals surface area contributed by atoms with E-state index >= 15 is 0 Å². The predicted molar refractivity (Wildman–Crippen MR) is 92.0 cm³/mol. The molecule has 1 aromatic carbocycles. The Morgan fingerprint density at radius 3 is 2.87 bits per heavy atom. The maximum absolute atomic E-state index is 12.6. The van der Waals surface area contributed by atoms with Gasteiger partial charge in [-0.1, -0.05) is 30.3 Å². The molecule has 3 rings (SSSR count). The minimum absolute atomic E-state index is 0.158. The summed E-state index contributed by atoms with van der Waals surface area (Å²) in [5.41, 5.74) is 3.56. The second kappa shape index (κ2) is 6.36. The van der Waals surface area contributed by atoms with Crippen molar-refractivity contribution in [2.24, 2.45) is 10.2 Å². The highest BCUT2D eigenvalue weighted by Crippen LogP contribution is 2.29. The minimum Gasteiger partial charge on any atom is -0.302 e. The van der Waals surface area contributed by atoms with E-state index in [-0.39, 0.29) is 5.91 Å². The molecule has 2 heterocycles. The van der Waals surface area contributed by atoms with Gasteiger partial charge in [0.2, 0.25) is 0 Å². The first-order valence-corrected chi connectivity index (χ1v) is 7.27. The van der Waals surface area contributed by atoms with Gasteiger partial charge in [0.05, 0.1) is 11.4 Å². The maximum Gasteiger partial charge on any atom is 0.279 e. The topological polar surface area (TPSA) is 57.9 Å². The first-order valence-electron chi connectivity index (χ1n) is 7.27. The van der Waals surface area contributed by atoms with Crippen molar-refractivity contribution >= 4 is 23.0 Å². The number of rotatable bonds is 4. The van der Waals surface area contributed by atoms with Gasteiger partial charge in [0.1, 0.15) is 0 Å². The Bertz CT molecular complexity index is 809. The molecule has 5 nitrogen and oxygen atoms in total. The van der Waals surface area contributed by atoms with Crippen LogP contribution in [0.4, 0.5) is 5.69 Å². The number of hydrogen-bond donors (Lipinski definition) is 0. The summed E-state index contributed by atoms with van der Waals surface area (Å²) < 4.78 is 0. The van der Waals surface area contributed by atoms with E-state index in [9.17, 15) is 4.79 Å². The van der Waals surface area contributed by atoms with Crippen LogP contribution >= 0.6 is 0 Å². The number of fused-ring (bicyclic) bond motifs is 1. The zero-order chi connectivity index (χ0) is 16.2. The number of aromatic nitrogens is 1. The molecule has 23 heavy (non-hydrogen) atoms. The summed E-state index contributed by atoms with van der Waals surface area (Å²) in [6, 6.07) is 11.3. The average Bonchev–Trinajstić information content (AvgIpc) is 2.86. The largest absolute Gasteiger partial charge is 0.302 e. The molecule has 1 aromatic heterocycles. The van der Waals surface area contributed by atoms with Gasteiger partial charge < -0.3 is 4.90 Å². The van der Waals surface area contributed by atoms with Gasteiger partial charge in [-0.05, 0) is 19.1 Å². The van der Waals surface area contributed by atoms with Crippen molar-refractivity contribution in [2.75, 3.05) is 11.4 Å². The molecule has 0 atom stereocenters. The molecule has 0 aliphatic carbocycles. The van der Waals surface area contributed by atoms with Gasteiger partial charge in [0.25, 0.3) is 5.91 Å². The van der Waals surface area contributed by atoms with Crippen LogP contribution in [0.3, 0.4) is 0 Å². The molecule has 0 N–H and O–H groups in total. The van der Waals surface area contributed by atoms with Crippen LogP contribution in [0, 0.1) is 0 Å². The molecule has 1 amide bonds. The van der Waals surface area contributed by atoms with Gasteiger partial charge in [-0.15, -0.1) is 11.7 Å². The molecule has 0 saturated carbocycles. The standard InChI is InChI=1S/C18H16N4O/c1-3-11-22-16-9-5-4-8-15(16)17(18(22)23)21-20-13(2)14-7-6-10-19-12-14/h3-10,12H,1,11H2,2H3/b20-13-,21-17-. The number of benzene rings is 1. The number of hydrogen-bond acceptors (Lipinski definition) is 4. The highest BCUT2D eigenvalue weighted by atomic mass is 16.2. The van der Waals surface area contributed by atoms with E-state index < -0.39 is 0 Å². The number of amides is 1. The lowest BCUT2D eigenvalue weighted by molar-refractivity contribution is -0.112. The third-order valence-electron chi connectivity index (χ3n) is 3.59. The Kier molecular flexibility index (Phi) is 4.10. The molecule has 0 bridgehead atoms. The zero-order valence-corrected chi connectivity index (χ0v) is 12.8. The van der Waals surface area contributed by atoms with Gasteiger partial charge in [0.15, 0.2) is 5.71 Å². The number of nitrogens with zero attached hydrogens (tertiary/aromatic N) is 4. The van der Waals surface area contributed by atoms with Crippen molar-refractivity contribution in [2.45, 2.75) is 6.92 Å². The smallest absolute Gasteiger partial charge is 0.279 e. The van der Waals surface area contributed by atoms with Crippen LogP contribution < -0.4 is 4.90 Å². The third-order valence-corrected chi connectivity index (χ3v) is 3.59. The van der Waals surface area contributed by atoms with Crippen molar-refractivity contribution in [1.82, 2.24) is 4.98 Å². The van der Waals surface area contributed by atoms with Gasteiger partial charge in [-0.25, -0.2) is 0 Å². The van der Waals surface area contributed by atoms with Crippen molar-refractivity contribution in [3.05, 3.63) is 72.6 Å². The monoisotopic (exact) mass is 304 g/mol. The minimum atomic E-state index is -0.158. The second-order valence-electron chi connectivity index (χ2n) is 5.10. The van der Waals surface area contributed by atoms with Crippen LogP contribution in [0.5, 0.6) is 0 Å². The normalized spacial score (nSPS) is 15.9. The summed E-state index contributed by atoms with van der Waals surface area (Å²) in [4.78, 5) is 18.3. The van der Waals surface area contributed by atoms with E-state index in [0.29, 0.717) is 18.0 Å². The van der Waals surface area contributed by atoms with Gasteiger partial charge in [-0.3, -0.25) is 9.78 Å². The quantitative estimate of drug-likeness (QED) is 0.495. The summed E-state index contributed by atoms with van der Waals surface area (Å²) in [5, 5.41) is 8.42. The Morgan fingerprint density at radius 2 is 2.13 bits per heavy atom. The Balaban J connectivity index is 1.99. The molecule has 0 spiro atoms. The lowest BCUT2D eigenvalue weighted by Crippen LogP contribution is -2.30. The molecular formula is C18H16N4O. The third kappa shape index (κ3) is 2.81. The Hall–Kier alpha value is -3.08. The second-order valence-corrected chi connectivity index (χ2v) is 5.10. The number of anilines is 1. The average molecular weight is 304 g/mol. The molecular weight excluding hydrogens is 288 g/mol. The molecule has 2 aromatic rings. The molecule has 114 valence electrons. The van der Waals surface area contributed by atoms with E-state index in [4.69, 9.17) is 0 Å². The summed E-state index contributed by atoms with van der Waals surface area (Å²) in [6.07, 6.45) is 5.11. The fraction of sp³-hybridized carbons (Fsp3) is 0.111. The summed E-state index contributed by atoms with van der Waals surface area (Å²) in [5.74, 6) is -0.158. The maximum atomic E-state index is 12.6. The van der Waals surface area contributed by atoms with E-state index in [0.717, 1.165) is 16.8 Å². The van der Waals surface area contributed by atoms with Crippen LogP contribution in [0.25, 0.3) is 0 Å². The summed E-state index contributed by atoms with van der Waals surface area (Å²) in [7, 11) is 0. The van der Waals surface area contributed by atoms with Crippen LogP contribution in [0.15, 0.2) is 71.6 Å². The molecule has 1 aliphatic rings. The first kappa shape index (κ1) is 14.8. The Labute approximate surface area is 134 Å². The van der Waals surface area contributed by atoms with Crippen molar-refractivity contribution < 1.29 is 4.79 Å². The van der Waals surface area contributed by atoms with E-state index in [1.54, 1.807) is 23.4 Å². The highest BCUT2D eigenvalue weighted by molar-refractivity contribution is 6.54. The predicted octanol–water partition coefficient (Wildman–Crippen LogP) is 2.83. The van der Waals surface area contributed by atoms with E-state index in [2.05, 4.69) is 21.8 Å². The summed E-state index contributed by atoms with van der Waals surface area (Å²) >= 11 is 0. The number of pyridine rings is 1. The number of para-hydroxylation sites is 1. The van der Waals surface area contributed by atoms with Crippen LogP contribution in [0.2, 0.25) is 0 Å². The SMILES string of the molecule is C=CCN1C(=O)/C(=N\N=C(\C)c2cccnc2)c2ccccc21. The lowest BCUT2D eigenvalue weighted by Gasteiger charge is -2.13. The number of carbonyl (C=O) groups is 1. The Morgan fingerprint density at radius 1 is 1.30 bits per heavy atom. The molecule has 0 radical (unpaired) electrons. The molecule has 5 heteroatoms. The van der Waals surface area contributed by atoms with Crippen LogP contribution in [0.1, 0.15) is 18.1 Å². The zero-order valence-electron chi connectivity index (χ0n) is 12.8. The summed E-state index contributed by atoms with van der Waals surface area (Å²) in [6.45, 7) is 5.99. The fourth-order valence-corrected chi connectivity index (χ4v) is 2.43. The van der Waals surface area contributed by atoms with E-state index in [1.807, 2.05) is 43.3 Å². The molecule has 1 aliphatic heterocycles. The van der Waals surface area contributed by atoms with Crippen molar-refractivity contribution in [3.8, 4) is 0 Å². The van der Waals surface area contributed by atoms with Gasteiger partial charge in [-0.2, -0.15) is 5.10 Å². The first-order chi connectivity index (χ1) is 11.2. The van der Waals surface area contributed by atoms with Crippen molar-refractivity contribution in [1.29, 1.82) is 0 Å².